The van der Waals surface area contributed by atoms with Crippen LogP contribution >= 0.6 is 11.3 Å². The second-order valence-electron chi connectivity index (χ2n) is 7.41. The predicted octanol–water partition coefficient (Wildman–Crippen LogP) is 5.02. The molecule has 0 aliphatic heterocycles. The average molecular weight is 417 g/mol. The Morgan fingerprint density at radius 2 is 1.90 bits per heavy atom. The number of thiophene rings is 1. The lowest BCUT2D eigenvalue weighted by Gasteiger charge is -2.08. The van der Waals surface area contributed by atoms with Crippen LogP contribution in [0.3, 0.4) is 0 Å². The van der Waals surface area contributed by atoms with Gasteiger partial charge >= 0.3 is 5.97 Å². The Hall–Kier alpha value is -3.45. The number of rotatable bonds is 4. The average Bonchev–Trinajstić information content (AvgIpc) is 3.42. The molecule has 0 fully saturated rings. The van der Waals surface area contributed by atoms with Crippen molar-refractivity contribution in [3.63, 3.8) is 0 Å². The standard InChI is InChI=1S/C23H20N4O2S/c1-14-6-7-18-25-17(12-27(18)11-14)13-29-23(28)21-20(26-8-4-5-9-26)19-15(2)10-16(3)24-22(19)30-21/h4-12H,13H2,1-3H3. The van der Waals surface area contributed by atoms with E-state index in [1.54, 1.807) is 0 Å². The molecule has 5 aromatic heterocycles. The van der Waals surface area contributed by atoms with E-state index in [4.69, 9.17) is 4.74 Å². The molecule has 0 unspecified atom stereocenters. The zero-order chi connectivity index (χ0) is 20.8. The summed E-state index contributed by atoms with van der Waals surface area (Å²) in [6.45, 7) is 6.15. The molecule has 5 rings (SSSR count). The molecule has 6 nitrogen and oxygen atoms in total. The molecule has 5 heterocycles. The van der Waals surface area contributed by atoms with Crippen molar-refractivity contribution in [2.75, 3.05) is 0 Å². The number of hydrogen-bond donors (Lipinski definition) is 0. The summed E-state index contributed by atoms with van der Waals surface area (Å²) < 4.78 is 9.56. The molecular weight excluding hydrogens is 396 g/mol. The number of carbonyl (C=O) groups excluding carboxylic acids is 1. The molecule has 0 atom stereocenters. The van der Waals surface area contributed by atoms with Crippen molar-refractivity contribution in [3.8, 4) is 5.69 Å². The molecule has 0 bridgehead atoms. The van der Waals surface area contributed by atoms with Crippen molar-refractivity contribution in [2.24, 2.45) is 0 Å². The number of aromatic nitrogens is 4. The van der Waals surface area contributed by atoms with Crippen LogP contribution in [-0.2, 0) is 11.3 Å². The predicted molar refractivity (Wildman–Crippen MR) is 117 cm³/mol. The summed E-state index contributed by atoms with van der Waals surface area (Å²) in [5.74, 6) is -0.369. The summed E-state index contributed by atoms with van der Waals surface area (Å²) in [7, 11) is 0. The van der Waals surface area contributed by atoms with Gasteiger partial charge in [0.25, 0.3) is 0 Å². The Bertz CT molecular complexity index is 1400. The highest BCUT2D eigenvalue weighted by Crippen LogP contribution is 2.36. The smallest absolute Gasteiger partial charge is 0.350 e. The lowest BCUT2D eigenvalue weighted by atomic mass is 10.1. The summed E-state index contributed by atoms with van der Waals surface area (Å²) in [6.07, 6.45) is 7.76. The van der Waals surface area contributed by atoms with Crippen molar-refractivity contribution in [2.45, 2.75) is 27.4 Å². The van der Waals surface area contributed by atoms with E-state index < -0.39 is 0 Å². The fraction of sp³-hybridized carbons (Fsp3) is 0.174. The van der Waals surface area contributed by atoms with E-state index in [1.165, 1.54) is 11.3 Å². The van der Waals surface area contributed by atoms with Crippen LogP contribution < -0.4 is 0 Å². The van der Waals surface area contributed by atoms with Gasteiger partial charge in [-0.1, -0.05) is 6.07 Å². The lowest BCUT2D eigenvalue weighted by Crippen LogP contribution is -2.07. The number of esters is 1. The topological polar surface area (TPSA) is 61.4 Å². The largest absolute Gasteiger partial charge is 0.455 e. The minimum absolute atomic E-state index is 0.115. The molecule has 150 valence electrons. The van der Waals surface area contributed by atoms with E-state index in [0.29, 0.717) is 10.6 Å². The number of nitrogens with zero attached hydrogens (tertiary/aromatic N) is 4. The molecule has 0 spiro atoms. The molecule has 0 amide bonds. The van der Waals surface area contributed by atoms with Crippen LogP contribution in [0, 0.1) is 20.8 Å². The van der Waals surface area contributed by atoms with Crippen molar-refractivity contribution < 1.29 is 9.53 Å². The van der Waals surface area contributed by atoms with Crippen LogP contribution in [0.4, 0.5) is 0 Å². The molecule has 0 saturated carbocycles. The van der Waals surface area contributed by atoms with Crippen molar-refractivity contribution in [1.29, 1.82) is 0 Å². The first-order valence-electron chi connectivity index (χ1n) is 9.65. The van der Waals surface area contributed by atoms with Gasteiger partial charge in [0.15, 0.2) is 0 Å². The molecular formula is C23H20N4O2S. The van der Waals surface area contributed by atoms with Gasteiger partial charge in [-0.25, -0.2) is 14.8 Å². The van der Waals surface area contributed by atoms with Crippen LogP contribution in [0.1, 0.15) is 32.2 Å². The summed E-state index contributed by atoms with van der Waals surface area (Å²) in [5, 5.41) is 0.983. The molecule has 0 radical (unpaired) electrons. The number of ether oxygens (including phenoxy) is 1. The first-order chi connectivity index (χ1) is 14.5. The van der Waals surface area contributed by atoms with Crippen LogP contribution in [0.15, 0.2) is 55.1 Å². The van der Waals surface area contributed by atoms with Gasteiger partial charge in [-0.15, -0.1) is 11.3 Å². The minimum atomic E-state index is -0.369. The van der Waals surface area contributed by atoms with Gasteiger partial charge in [-0.05, 0) is 56.2 Å². The lowest BCUT2D eigenvalue weighted by molar-refractivity contribution is 0.0474. The molecule has 0 aromatic carbocycles. The maximum Gasteiger partial charge on any atom is 0.350 e. The maximum atomic E-state index is 13.1. The van der Waals surface area contributed by atoms with Crippen molar-refractivity contribution in [3.05, 3.63) is 82.5 Å². The van der Waals surface area contributed by atoms with Crippen molar-refractivity contribution >= 4 is 33.2 Å². The highest BCUT2D eigenvalue weighted by Gasteiger charge is 2.23. The fourth-order valence-corrected chi connectivity index (χ4v) is 4.91. The second kappa shape index (κ2) is 7.11. The Kier molecular flexibility index (Phi) is 4.40. The van der Waals surface area contributed by atoms with Crippen molar-refractivity contribution in [1.82, 2.24) is 18.9 Å². The third-order valence-corrected chi connectivity index (χ3v) is 6.06. The monoisotopic (exact) mass is 416 g/mol. The molecule has 0 aliphatic carbocycles. The highest BCUT2D eigenvalue weighted by molar-refractivity contribution is 7.21. The van der Waals surface area contributed by atoms with Crippen LogP contribution in [0.25, 0.3) is 21.6 Å². The number of imidazole rings is 1. The number of aryl methyl sites for hydroxylation is 3. The number of pyridine rings is 2. The quantitative estimate of drug-likeness (QED) is 0.386. The summed E-state index contributed by atoms with van der Waals surface area (Å²) in [4.78, 5) is 23.6. The number of hydrogen-bond acceptors (Lipinski definition) is 5. The van der Waals surface area contributed by atoms with Gasteiger partial charge in [0.05, 0.1) is 11.4 Å². The third kappa shape index (κ3) is 3.17. The Balaban J connectivity index is 1.51. The zero-order valence-corrected chi connectivity index (χ0v) is 17.7. The first kappa shape index (κ1) is 18.6. The molecule has 0 saturated heterocycles. The van der Waals surface area contributed by atoms with Gasteiger partial charge in [0, 0.05) is 35.9 Å². The molecule has 7 heteroatoms. The summed E-state index contributed by atoms with van der Waals surface area (Å²) in [6, 6.07) is 9.88. The number of fused-ring (bicyclic) bond motifs is 2. The van der Waals surface area contributed by atoms with Gasteiger partial charge in [-0.3, -0.25) is 0 Å². The zero-order valence-electron chi connectivity index (χ0n) is 16.9. The molecule has 5 aromatic rings. The maximum absolute atomic E-state index is 13.1. The summed E-state index contributed by atoms with van der Waals surface area (Å²) >= 11 is 1.37. The van der Waals surface area contributed by atoms with Gasteiger partial charge in [0.1, 0.15) is 22.0 Å². The SMILES string of the molecule is Cc1ccc2nc(COC(=O)c3sc4nc(C)cc(C)c4c3-n3cccc3)cn2c1. The molecule has 30 heavy (non-hydrogen) atoms. The minimum Gasteiger partial charge on any atom is -0.455 e. The Morgan fingerprint density at radius 1 is 1.10 bits per heavy atom. The second-order valence-corrected chi connectivity index (χ2v) is 8.41. The van der Waals surface area contributed by atoms with Crippen LogP contribution in [0.2, 0.25) is 0 Å². The van der Waals surface area contributed by atoms with E-state index >= 15 is 0 Å². The Morgan fingerprint density at radius 3 is 2.70 bits per heavy atom. The number of carbonyl (C=O) groups is 1. The first-order valence-corrected chi connectivity index (χ1v) is 10.5. The molecule has 0 aliphatic rings. The van der Waals surface area contributed by atoms with E-state index in [2.05, 4.69) is 9.97 Å². The van der Waals surface area contributed by atoms with E-state index in [1.807, 2.05) is 84.9 Å². The molecule has 0 N–H and O–H groups in total. The highest BCUT2D eigenvalue weighted by atomic mass is 32.1. The van der Waals surface area contributed by atoms with E-state index in [-0.39, 0.29) is 12.6 Å². The van der Waals surface area contributed by atoms with Gasteiger partial charge < -0.3 is 13.7 Å². The van der Waals surface area contributed by atoms with Crippen LogP contribution in [-0.4, -0.2) is 24.9 Å². The Labute approximate surface area is 177 Å². The van der Waals surface area contributed by atoms with Crippen LogP contribution in [0.5, 0.6) is 0 Å². The normalized spacial score (nSPS) is 11.4. The fourth-order valence-electron chi connectivity index (χ4n) is 3.72. The third-order valence-electron chi connectivity index (χ3n) is 5.01. The van der Waals surface area contributed by atoms with Gasteiger partial charge in [0.2, 0.25) is 0 Å². The summed E-state index contributed by atoms with van der Waals surface area (Å²) in [5.41, 5.74) is 5.52. The van der Waals surface area contributed by atoms with E-state index in [0.717, 1.165) is 38.4 Å². The van der Waals surface area contributed by atoms with E-state index in [9.17, 15) is 4.79 Å². The van der Waals surface area contributed by atoms with Gasteiger partial charge in [-0.2, -0.15) is 0 Å².